The summed E-state index contributed by atoms with van der Waals surface area (Å²) in [6.45, 7) is 2.24. The van der Waals surface area contributed by atoms with Crippen LogP contribution in [0, 0.1) is 0 Å². The van der Waals surface area contributed by atoms with Gasteiger partial charge in [0.05, 0.1) is 11.4 Å². The van der Waals surface area contributed by atoms with Gasteiger partial charge in [-0.3, -0.25) is 0 Å². The second kappa shape index (κ2) is 12.5. The third-order valence-electron chi connectivity index (χ3n) is 7.45. The van der Waals surface area contributed by atoms with Crippen LogP contribution in [0.1, 0.15) is 25.3 Å². The molecule has 6 aromatic rings. The van der Waals surface area contributed by atoms with Crippen LogP contribution in [0.3, 0.4) is 0 Å². The Morgan fingerprint density at radius 3 is 1.46 bits per heavy atom. The Bertz CT molecular complexity index is 1640. The first-order chi connectivity index (χ1) is 20.3. The van der Waals surface area contributed by atoms with Gasteiger partial charge in [-0.25, -0.2) is 4.98 Å². The number of aromatic nitrogens is 1. The van der Waals surface area contributed by atoms with Crippen molar-refractivity contribution in [1.29, 1.82) is 0 Å². The minimum Gasteiger partial charge on any atom is -0.311 e. The van der Waals surface area contributed by atoms with Crippen molar-refractivity contribution in [2.24, 2.45) is 0 Å². The summed E-state index contributed by atoms with van der Waals surface area (Å²) in [6.07, 6.45) is 3.54. The Kier molecular flexibility index (Phi) is 8.00. The van der Waals surface area contributed by atoms with Gasteiger partial charge in [-0.2, -0.15) is 0 Å². The smallest absolute Gasteiger partial charge is 0.0715 e. The third kappa shape index (κ3) is 6.13. The lowest BCUT2D eigenvalue weighted by molar-refractivity contribution is 0.795. The number of para-hydroxylation sites is 2. The fourth-order valence-corrected chi connectivity index (χ4v) is 5.23. The van der Waals surface area contributed by atoms with Crippen molar-refractivity contribution in [3.05, 3.63) is 157 Å². The van der Waals surface area contributed by atoms with Crippen molar-refractivity contribution in [2.45, 2.75) is 26.2 Å². The number of hydrogen-bond acceptors (Lipinski definition) is 2. The number of hydrogen-bond donors (Lipinski definition) is 0. The van der Waals surface area contributed by atoms with Crippen LogP contribution < -0.4 is 4.90 Å². The Labute approximate surface area is 243 Å². The highest BCUT2D eigenvalue weighted by atomic mass is 15.1. The van der Waals surface area contributed by atoms with E-state index in [2.05, 4.69) is 157 Å². The zero-order valence-electron chi connectivity index (χ0n) is 23.4. The Morgan fingerprint density at radius 1 is 0.463 bits per heavy atom. The molecule has 41 heavy (non-hydrogen) atoms. The van der Waals surface area contributed by atoms with E-state index in [0.29, 0.717) is 0 Å². The molecular weight excluding hydrogens is 496 g/mol. The van der Waals surface area contributed by atoms with E-state index in [1.165, 1.54) is 18.4 Å². The Hall–Kier alpha value is -4.95. The highest BCUT2D eigenvalue weighted by Crippen LogP contribution is 2.36. The fraction of sp³-hybridized carbons (Fsp3) is 0.103. The summed E-state index contributed by atoms with van der Waals surface area (Å²) in [5.41, 5.74) is 11.3. The second-order valence-electron chi connectivity index (χ2n) is 10.3. The first-order valence-corrected chi connectivity index (χ1v) is 14.5. The number of unbranched alkanes of at least 4 members (excludes halogenated alkanes) is 1. The lowest BCUT2D eigenvalue weighted by Gasteiger charge is -2.25. The molecule has 2 heteroatoms. The van der Waals surface area contributed by atoms with Crippen LogP contribution in [0.5, 0.6) is 0 Å². The average Bonchev–Trinajstić information content (AvgIpc) is 3.06. The van der Waals surface area contributed by atoms with Crippen LogP contribution in [-0.4, -0.2) is 4.98 Å². The van der Waals surface area contributed by atoms with Gasteiger partial charge in [0.25, 0.3) is 0 Å². The molecule has 0 aliphatic heterocycles. The lowest BCUT2D eigenvalue weighted by Crippen LogP contribution is -2.09. The maximum atomic E-state index is 5.11. The normalized spacial score (nSPS) is 10.9. The van der Waals surface area contributed by atoms with E-state index in [0.717, 1.165) is 57.1 Å². The molecule has 0 spiro atoms. The van der Waals surface area contributed by atoms with E-state index >= 15 is 0 Å². The van der Waals surface area contributed by atoms with Gasteiger partial charge in [-0.05, 0) is 78.1 Å². The number of aryl methyl sites for hydroxylation is 1. The predicted octanol–water partition coefficient (Wildman–Crippen LogP) is 10.9. The standard InChI is InChI=1S/C39H34N2/c1-2-3-13-30-20-22-33(23-21-30)39-29-34(28-38(40-39)32-14-7-4-8-15-32)31-24-26-37(27-25-31)41(35-16-9-5-10-17-35)36-18-11-6-12-19-36/h4-12,14-29H,2-3,13H2,1H3. The van der Waals surface area contributed by atoms with Gasteiger partial charge in [0.2, 0.25) is 0 Å². The molecule has 0 saturated carbocycles. The summed E-state index contributed by atoms with van der Waals surface area (Å²) in [5.74, 6) is 0. The summed E-state index contributed by atoms with van der Waals surface area (Å²) in [7, 11) is 0. The number of rotatable bonds is 9. The van der Waals surface area contributed by atoms with Gasteiger partial charge < -0.3 is 4.90 Å². The monoisotopic (exact) mass is 530 g/mol. The minimum atomic E-state index is 0.979. The van der Waals surface area contributed by atoms with Crippen LogP contribution in [0.15, 0.2) is 152 Å². The summed E-state index contributed by atoms with van der Waals surface area (Å²) in [4.78, 5) is 7.40. The molecule has 1 aromatic heterocycles. The fourth-order valence-electron chi connectivity index (χ4n) is 5.23. The summed E-state index contributed by atoms with van der Waals surface area (Å²) >= 11 is 0. The molecule has 6 rings (SSSR count). The minimum absolute atomic E-state index is 0.979. The molecule has 5 aromatic carbocycles. The second-order valence-corrected chi connectivity index (χ2v) is 10.3. The number of anilines is 3. The molecule has 1 heterocycles. The molecular formula is C39H34N2. The Morgan fingerprint density at radius 2 is 0.927 bits per heavy atom. The zero-order chi connectivity index (χ0) is 27.9. The van der Waals surface area contributed by atoms with E-state index < -0.39 is 0 Å². The van der Waals surface area contributed by atoms with Crippen molar-refractivity contribution < 1.29 is 0 Å². The molecule has 200 valence electrons. The van der Waals surface area contributed by atoms with Crippen LogP contribution in [0.25, 0.3) is 33.6 Å². The molecule has 0 amide bonds. The molecule has 0 fully saturated rings. The van der Waals surface area contributed by atoms with Crippen LogP contribution in [-0.2, 0) is 6.42 Å². The maximum absolute atomic E-state index is 5.11. The van der Waals surface area contributed by atoms with Crippen LogP contribution in [0.4, 0.5) is 17.1 Å². The van der Waals surface area contributed by atoms with E-state index in [4.69, 9.17) is 4.98 Å². The van der Waals surface area contributed by atoms with Crippen LogP contribution in [0.2, 0.25) is 0 Å². The summed E-state index contributed by atoms with van der Waals surface area (Å²) in [5, 5.41) is 0. The van der Waals surface area contributed by atoms with Crippen LogP contribution >= 0.6 is 0 Å². The number of benzene rings is 5. The summed E-state index contributed by atoms with van der Waals surface area (Å²) in [6, 6.07) is 53.7. The Balaban J connectivity index is 1.39. The molecule has 0 aliphatic rings. The summed E-state index contributed by atoms with van der Waals surface area (Å²) < 4.78 is 0. The van der Waals surface area contributed by atoms with Crippen molar-refractivity contribution >= 4 is 17.1 Å². The molecule has 0 aliphatic carbocycles. The van der Waals surface area contributed by atoms with Crippen molar-refractivity contribution in [3.63, 3.8) is 0 Å². The van der Waals surface area contributed by atoms with Gasteiger partial charge in [-0.1, -0.05) is 116 Å². The van der Waals surface area contributed by atoms with Crippen molar-refractivity contribution in [2.75, 3.05) is 4.90 Å². The quantitative estimate of drug-likeness (QED) is 0.185. The molecule has 2 nitrogen and oxygen atoms in total. The molecule has 0 bridgehead atoms. The van der Waals surface area contributed by atoms with Gasteiger partial charge in [0.1, 0.15) is 0 Å². The average molecular weight is 531 g/mol. The van der Waals surface area contributed by atoms with E-state index in [1.807, 2.05) is 6.07 Å². The molecule has 0 unspecified atom stereocenters. The van der Waals surface area contributed by atoms with E-state index in [9.17, 15) is 0 Å². The SMILES string of the molecule is CCCCc1ccc(-c2cc(-c3ccc(N(c4ccccc4)c4ccccc4)cc3)cc(-c3ccccc3)n2)cc1. The first-order valence-electron chi connectivity index (χ1n) is 14.5. The highest BCUT2D eigenvalue weighted by Gasteiger charge is 2.13. The highest BCUT2D eigenvalue weighted by molar-refractivity contribution is 5.80. The number of pyridine rings is 1. The van der Waals surface area contributed by atoms with E-state index in [-0.39, 0.29) is 0 Å². The third-order valence-corrected chi connectivity index (χ3v) is 7.45. The maximum Gasteiger partial charge on any atom is 0.0715 e. The van der Waals surface area contributed by atoms with Gasteiger partial charge in [-0.15, -0.1) is 0 Å². The molecule has 0 atom stereocenters. The number of nitrogens with zero attached hydrogens (tertiary/aromatic N) is 2. The molecule has 0 N–H and O–H groups in total. The molecule has 0 radical (unpaired) electrons. The lowest BCUT2D eigenvalue weighted by atomic mass is 9.98. The molecule has 0 saturated heterocycles. The van der Waals surface area contributed by atoms with Gasteiger partial charge >= 0.3 is 0 Å². The van der Waals surface area contributed by atoms with Crippen molar-refractivity contribution in [1.82, 2.24) is 4.98 Å². The van der Waals surface area contributed by atoms with Gasteiger partial charge in [0, 0.05) is 28.2 Å². The van der Waals surface area contributed by atoms with E-state index in [1.54, 1.807) is 0 Å². The predicted molar refractivity (Wildman–Crippen MR) is 174 cm³/mol. The first kappa shape index (κ1) is 26.3. The largest absolute Gasteiger partial charge is 0.311 e. The van der Waals surface area contributed by atoms with Crippen molar-refractivity contribution in [3.8, 4) is 33.6 Å². The van der Waals surface area contributed by atoms with Gasteiger partial charge in [0.15, 0.2) is 0 Å². The zero-order valence-corrected chi connectivity index (χ0v) is 23.4. The topological polar surface area (TPSA) is 16.1 Å².